The van der Waals surface area contributed by atoms with E-state index in [1.807, 2.05) is 30.3 Å². The van der Waals surface area contributed by atoms with Crippen molar-refractivity contribution in [1.82, 2.24) is 9.80 Å². The van der Waals surface area contributed by atoms with E-state index in [1.54, 1.807) is 16.8 Å². The molecule has 0 radical (unpaired) electrons. The van der Waals surface area contributed by atoms with Crippen LogP contribution in [0.2, 0.25) is 0 Å². The van der Waals surface area contributed by atoms with Gasteiger partial charge >= 0.3 is 6.09 Å². The van der Waals surface area contributed by atoms with E-state index in [0.29, 0.717) is 25.9 Å². The lowest BCUT2D eigenvalue weighted by atomic mass is 10.0. The van der Waals surface area contributed by atoms with E-state index in [2.05, 4.69) is 0 Å². The van der Waals surface area contributed by atoms with Crippen molar-refractivity contribution in [3.63, 3.8) is 0 Å². The maximum absolute atomic E-state index is 13.0. The Hall–Kier alpha value is -1.69. The number of piperidine rings is 1. The molecule has 0 bridgehead atoms. The number of benzene rings is 1. The van der Waals surface area contributed by atoms with E-state index in [-0.39, 0.29) is 25.3 Å². The molecule has 0 aromatic heterocycles. The number of hydrogen-bond donors (Lipinski definition) is 0. The first-order chi connectivity index (χ1) is 10.8. The van der Waals surface area contributed by atoms with Crippen LogP contribution < -0.4 is 0 Å². The molecule has 1 amide bonds. The Labute approximate surface area is 136 Å². The van der Waals surface area contributed by atoms with Gasteiger partial charge in [0, 0.05) is 33.1 Å². The third-order valence-corrected chi connectivity index (χ3v) is 4.10. The Morgan fingerprint density at radius 2 is 1.91 bits per heavy atom. The fourth-order valence-corrected chi connectivity index (χ4v) is 2.83. The minimum atomic E-state index is -2.67. The van der Waals surface area contributed by atoms with Crippen LogP contribution in [0.3, 0.4) is 0 Å². The molecule has 1 fully saturated rings. The Morgan fingerprint density at radius 1 is 1.30 bits per heavy atom. The lowest BCUT2D eigenvalue weighted by Crippen LogP contribution is -2.47. The zero-order valence-electron chi connectivity index (χ0n) is 13.7. The second-order valence-electron chi connectivity index (χ2n) is 6.23. The third-order valence-electron chi connectivity index (χ3n) is 4.10. The molecule has 1 heterocycles. The summed E-state index contributed by atoms with van der Waals surface area (Å²) in [6.45, 7) is 2.10. The van der Waals surface area contributed by atoms with Crippen LogP contribution in [0.25, 0.3) is 0 Å². The van der Waals surface area contributed by atoms with Crippen molar-refractivity contribution in [3.05, 3.63) is 35.9 Å². The van der Waals surface area contributed by atoms with Gasteiger partial charge in [-0.05, 0) is 18.4 Å². The van der Waals surface area contributed by atoms with Gasteiger partial charge in [-0.15, -0.1) is 0 Å². The maximum atomic E-state index is 13.0. The first-order valence-corrected chi connectivity index (χ1v) is 7.89. The molecule has 0 spiro atoms. The van der Waals surface area contributed by atoms with Crippen molar-refractivity contribution in [2.45, 2.75) is 38.3 Å². The zero-order chi connectivity index (χ0) is 16.9. The van der Waals surface area contributed by atoms with Gasteiger partial charge in [0.2, 0.25) is 0 Å². The minimum Gasteiger partial charge on any atom is -0.445 e. The van der Waals surface area contributed by atoms with Crippen molar-refractivity contribution >= 4 is 6.09 Å². The molecule has 2 rings (SSSR count). The lowest BCUT2D eigenvalue weighted by molar-refractivity contribution is -0.0246. The average molecular weight is 326 g/mol. The second kappa shape index (κ2) is 7.73. The molecule has 0 unspecified atom stereocenters. The summed E-state index contributed by atoms with van der Waals surface area (Å²) in [7, 11) is 1.71. The van der Waals surface area contributed by atoms with Crippen molar-refractivity contribution in [2.24, 2.45) is 0 Å². The molecule has 1 aromatic rings. The average Bonchev–Trinajstić information content (AvgIpc) is 2.52. The van der Waals surface area contributed by atoms with Crippen LogP contribution >= 0.6 is 0 Å². The molecule has 6 heteroatoms. The van der Waals surface area contributed by atoms with Crippen molar-refractivity contribution < 1.29 is 18.3 Å². The van der Waals surface area contributed by atoms with Crippen LogP contribution in [0.5, 0.6) is 0 Å². The van der Waals surface area contributed by atoms with Gasteiger partial charge in [0.05, 0.1) is 6.54 Å². The Kier molecular flexibility index (Phi) is 5.93. The molecule has 1 aliphatic heterocycles. The van der Waals surface area contributed by atoms with Gasteiger partial charge in [0.25, 0.3) is 5.92 Å². The number of alkyl halides is 2. The highest BCUT2D eigenvalue weighted by Crippen LogP contribution is 2.20. The van der Waals surface area contributed by atoms with E-state index in [4.69, 9.17) is 4.74 Å². The standard InChI is InChI=1S/C17H24F2N2O2/c1-17(18,19)13-21-10-8-15(9-11-21)20(2)16(22)23-12-14-6-4-3-5-7-14/h3-7,15H,8-13H2,1-2H3. The van der Waals surface area contributed by atoms with E-state index in [9.17, 15) is 13.6 Å². The van der Waals surface area contributed by atoms with Gasteiger partial charge in [-0.2, -0.15) is 0 Å². The number of rotatable bonds is 5. The van der Waals surface area contributed by atoms with E-state index >= 15 is 0 Å². The molecule has 1 aromatic carbocycles. The molecule has 0 atom stereocenters. The van der Waals surface area contributed by atoms with E-state index in [0.717, 1.165) is 12.5 Å². The molecule has 128 valence electrons. The van der Waals surface area contributed by atoms with Crippen LogP contribution in [0.1, 0.15) is 25.3 Å². The first kappa shape index (κ1) is 17.7. The number of ether oxygens (including phenoxy) is 1. The fourth-order valence-electron chi connectivity index (χ4n) is 2.83. The summed E-state index contributed by atoms with van der Waals surface area (Å²) in [5.74, 6) is -2.67. The van der Waals surface area contributed by atoms with Crippen LogP contribution in [0, 0.1) is 0 Å². The van der Waals surface area contributed by atoms with Crippen LogP contribution in [-0.2, 0) is 11.3 Å². The predicted molar refractivity (Wildman–Crippen MR) is 84.5 cm³/mol. The molecule has 23 heavy (non-hydrogen) atoms. The SMILES string of the molecule is CN(C(=O)OCc1ccccc1)C1CCN(CC(C)(F)F)CC1. The predicted octanol–water partition coefficient (Wildman–Crippen LogP) is 3.37. The second-order valence-corrected chi connectivity index (χ2v) is 6.23. The summed E-state index contributed by atoms with van der Waals surface area (Å²) in [6, 6.07) is 9.54. The number of halogens is 2. The summed E-state index contributed by atoms with van der Waals surface area (Å²) >= 11 is 0. The highest BCUT2D eigenvalue weighted by atomic mass is 19.3. The largest absolute Gasteiger partial charge is 0.445 e. The van der Waals surface area contributed by atoms with Crippen molar-refractivity contribution in [1.29, 1.82) is 0 Å². The number of carbonyl (C=O) groups is 1. The van der Waals surface area contributed by atoms with Crippen LogP contribution in [0.15, 0.2) is 30.3 Å². The number of carbonyl (C=O) groups excluding carboxylic acids is 1. The maximum Gasteiger partial charge on any atom is 0.410 e. The number of likely N-dealkylation sites (tertiary alicyclic amines) is 1. The van der Waals surface area contributed by atoms with Crippen molar-refractivity contribution in [3.8, 4) is 0 Å². The summed E-state index contributed by atoms with van der Waals surface area (Å²) in [4.78, 5) is 15.4. The summed E-state index contributed by atoms with van der Waals surface area (Å²) in [5.41, 5.74) is 0.939. The quantitative estimate of drug-likeness (QED) is 0.832. The van der Waals surface area contributed by atoms with Gasteiger partial charge in [-0.3, -0.25) is 4.90 Å². The van der Waals surface area contributed by atoms with Crippen LogP contribution in [-0.4, -0.2) is 54.5 Å². The Morgan fingerprint density at radius 3 is 2.48 bits per heavy atom. The van der Waals surface area contributed by atoms with Gasteiger partial charge in [0.15, 0.2) is 0 Å². The Bertz CT molecular complexity index is 497. The number of nitrogens with zero attached hydrogens (tertiary/aromatic N) is 2. The Balaban J connectivity index is 1.75. The summed E-state index contributed by atoms with van der Waals surface area (Å²) < 4.78 is 31.4. The lowest BCUT2D eigenvalue weighted by Gasteiger charge is -2.37. The molecule has 0 aliphatic carbocycles. The van der Waals surface area contributed by atoms with Gasteiger partial charge in [0.1, 0.15) is 6.61 Å². The molecular weight excluding hydrogens is 302 g/mol. The van der Waals surface area contributed by atoms with Gasteiger partial charge in [-0.1, -0.05) is 30.3 Å². The highest BCUT2D eigenvalue weighted by molar-refractivity contribution is 5.67. The minimum absolute atomic E-state index is 0.0417. The van der Waals surface area contributed by atoms with E-state index in [1.165, 1.54) is 0 Å². The fraction of sp³-hybridized carbons (Fsp3) is 0.588. The van der Waals surface area contributed by atoms with Gasteiger partial charge < -0.3 is 9.64 Å². The smallest absolute Gasteiger partial charge is 0.410 e. The monoisotopic (exact) mass is 326 g/mol. The number of hydrogen-bond acceptors (Lipinski definition) is 3. The summed E-state index contributed by atoms with van der Waals surface area (Å²) in [5, 5.41) is 0. The highest BCUT2D eigenvalue weighted by Gasteiger charge is 2.30. The molecule has 4 nitrogen and oxygen atoms in total. The molecule has 1 aliphatic rings. The normalized spacial score (nSPS) is 17.0. The van der Waals surface area contributed by atoms with E-state index < -0.39 is 5.92 Å². The topological polar surface area (TPSA) is 32.8 Å². The molecule has 1 saturated heterocycles. The first-order valence-electron chi connectivity index (χ1n) is 7.89. The number of amides is 1. The molecule has 0 saturated carbocycles. The van der Waals surface area contributed by atoms with Crippen molar-refractivity contribution in [2.75, 3.05) is 26.7 Å². The third kappa shape index (κ3) is 5.78. The zero-order valence-corrected chi connectivity index (χ0v) is 13.7. The molecular formula is C17H24F2N2O2. The van der Waals surface area contributed by atoms with Gasteiger partial charge in [-0.25, -0.2) is 13.6 Å². The summed E-state index contributed by atoms with van der Waals surface area (Å²) in [6.07, 6.45) is 1.01. The molecule has 0 N–H and O–H groups in total. The van der Waals surface area contributed by atoms with Crippen LogP contribution in [0.4, 0.5) is 13.6 Å².